The minimum Gasteiger partial charge on any atom is -0.308 e. The zero-order valence-corrected chi connectivity index (χ0v) is 11.5. The quantitative estimate of drug-likeness (QED) is 0.610. The number of rotatable bonds is 3. The van der Waals surface area contributed by atoms with Gasteiger partial charge in [0.1, 0.15) is 5.82 Å². The maximum absolute atomic E-state index is 12.4. The topological polar surface area (TPSA) is 118 Å². The van der Waals surface area contributed by atoms with E-state index in [0.717, 1.165) is 4.31 Å². The molecule has 1 aliphatic rings. The Balaban J connectivity index is 2.04. The SMILES string of the molecule is NNc1ncccc1CN1C(=O)c2cccnc2S1(=O)=O. The second kappa shape index (κ2) is 4.79. The molecule has 0 unspecified atom stereocenters. The fourth-order valence-corrected chi connectivity index (χ4v) is 3.58. The minimum atomic E-state index is -3.94. The van der Waals surface area contributed by atoms with Crippen LogP contribution in [-0.4, -0.2) is 28.6 Å². The number of pyridine rings is 2. The molecular weight excluding hydrogens is 294 g/mol. The van der Waals surface area contributed by atoms with Gasteiger partial charge in [-0.2, -0.15) is 8.42 Å². The summed E-state index contributed by atoms with van der Waals surface area (Å²) < 4.78 is 25.5. The van der Waals surface area contributed by atoms with Crippen molar-refractivity contribution >= 4 is 21.7 Å². The van der Waals surface area contributed by atoms with Gasteiger partial charge in [0.2, 0.25) is 0 Å². The average Bonchev–Trinajstić information content (AvgIpc) is 2.69. The first-order chi connectivity index (χ1) is 10.1. The standard InChI is InChI=1S/C12H11N5O3S/c13-16-10-8(3-1-5-14-10)7-17-12(18)9-4-2-6-15-11(9)21(17,19)20/h1-6H,7,13H2,(H,14,16). The molecule has 9 heteroatoms. The van der Waals surface area contributed by atoms with E-state index in [4.69, 9.17) is 5.84 Å². The van der Waals surface area contributed by atoms with Crippen LogP contribution in [0.1, 0.15) is 15.9 Å². The maximum Gasteiger partial charge on any atom is 0.285 e. The van der Waals surface area contributed by atoms with Crippen LogP contribution in [0.15, 0.2) is 41.7 Å². The van der Waals surface area contributed by atoms with Crippen LogP contribution in [0.3, 0.4) is 0 Å². The van der Waals surface area contributed by atoms with E-state index in [0.29, 0.717) is 11.4 Å². The van der Waals surface area contributed by atoms with E-state index in [1.807, 2.05) is 0 Å². The van der Waals surface area contributed by atoms with Crippen molar-refractivity contribution in [1.29, 1.82) is 0 Å². The summed E-state index contributed by atoms with van der Waals surface area (Å²) in [7, 11) is -3.94. The maximum atomic E-state index is 12.4. The number of amides is 1. The predicted molar refractivity (Wildman–Crippen MR) is 73.3 cm³/mol. The highest BCUT2D eigenvalue weighted by Crippen LogP contribution is 2.30. The van der Waals surface area contributed by atoms with Crippen molar-refractivity contribution in [3.05, 3.63) is 47.8 Å². The Morgan fingerprint density at radius 1 is 1.19 bits per heavy atom. The lowest BCUT2D eigenvalue weighted by Gasteiger charge is -2.16. The van der Waals surface area contributed by atoms with Crippen LogP contribution < -0.4 is 11.3 Å². The van der Waals surface area contributed by atoms with E-state index in [2.05, 4.69) is 15.4 Å². The largest absolute Gasteiger partial charge is 0.308 e. The number of hydrogen-bond donors (Lipinski definition) is 2. The number of nitrogens with one attached hydrogen (secondary N) is 1. The summed E-state index contributed by atoms with van der Waals surface area (Å²) in [6.07, 6.45) is 2.85. The number of sulfonamides is 1. The number of anilines is 1. The van der Waals surface area contributed by atoms with E-state index in [1.165, 1.54) is 24.5 Å². The Bertz CT molecular complexity index is 821. The minimum absolute atomic E-state index is 0.0728. The van der Waals surface area contributed by atoms with Gasteiger partial charge in [0.15, 0.2) is 5.03 Å². The van der Waals surface area contributed by atoms with Crippen molar-refractivity contribution in [2.24, 2.45) is 5.84 Å². The lowest BCUT2D eigenvalue weighted by Crippen LogP contribution is -2.30. The third kappa shape index (κ3) is 2.03. The van der Waals surface area contributed by atoms with Gasteiger partial charge in [-0.05, 0) is 18.2 Å². The van der Waals surface area contributed by atoms with E-state index >= 15 is 0 Å². The van der Waals surface area contributed by atoms with Gasteiger partial charge in [0.25, 0.3) is 15.9 Å². The third-order valence-corrected chi connectivity index (χ3v) is 4.79. The van der Waals surface area contributed by atoms with Gasteiger partial charge >= 0.3 is 0 Å². The summed E-state index contributed by atoms with van der Waals surface area (Å²) in [6.45, 7) is -0.162. The van der Waals surface area contributed by atoms with Crippen molar-refractivity contribution < 1.29 is 13.2 Å². The fourth-order valence-electron chi connectivity index (χ4n) is 2.11. The Labute approximate surface area is 120 Å². The number of hydrazine groups is 1. The molecule has 0 aliphatic carbocycles. The molecule has 0 aromatic carbocycles. The van der Waals surface area contributed by atoms with E-state index in [-0.39, 0.29) is 17.1 Å². The van der Waals surface area contributed by atoms with Crippen LogP contribution in [-0.2, 0) is 16.6 Å². The number of nitrogen functional groups attached to an aromatic ring is 1. The van der Waals surface area contributed by atoms with Crippen LogP contribution in [0.25, 0.3) is 0 Å². The second-order valence-electron chi connectivity index (χ2n) is 4.33. The summed E-state index contributed by atoms with van der Waals surface area (Å²) in [5.41, 5.74) is 2.94. The molecule has 0 atom stereocenters. The van der Waals surface area contributed by atoms with Crippen molar-refractivity contribution in [1.82, 2.24) is 14.3 Å². The Kier molecular flexibility index (Phi) is 3.07. The number of carbonyl (C=O) groups is 1. The molecule has 3 heterocycles. The molecule has 1 aliphatic heterocycles. The summed E-state index contributed by atoms with van der Waals surface area (Å²) in [5.74, 6) is 5.04. The molecule has 2 aromatic rings. The average molecular weight is 305 g/mol. The van der Waals surface area contributed by atoms with Crippen LogP contribution in [0.2, 0.25) is 0 Å². The van der Waals surface area contributed by atoms with Crippen molar-refractivity contribution in [3.8, 4) is 0 Å². The Morgan fingerprint density at radius 3 is 2.62 bits per heavy atom. The molecule has 8 nitrogen and oxygen atoms in total. The lowest BCUT2D eigenvalue weighted by atomic mass is 10.2. The zero-order valence-electron chi connectivity index (χ0n) is 10.7. The molecule has 0 radical (unpaired) electrons. The Morgan fingerprint density at radius 2 is 1.90 bits per heavy atom. The van der Waals surface area contributed by atoms with E-state index in [1.54, 1.807) is 12.1 Å². The molecular formula is C12H11N5O3S. The molecule has 21 heavy (non-hydrogen) atoms. The molecule has 0 bridgehead atoms. The van der Waals surface area contributed by atoms with Gasteiger partial charge in [0.05, 0.1) is 12.1 Å². The first-order valence-corrected chi connectivity index (χ1v) is 7.42. The molecule has 0 saturated heterocycles. The lowest BCUT2D eigenvalue weighted by molar-refractivity contribution is 0.0865. The normalized spacial score (nSPS) is 15.9. The number of fused-ring (bicyclic) bond motifs is 1. The summed E-state index contributed by atoms with van der Waals surface area (Å²) in [5, 5.41) is -0.221. The molecule has 1 amide bonds. The molecule has 0 saturated carbocycles. The zero-order chi connectivity index (χ0) is 15.0. The van der Waals surface area contributed by atoms with Crippen molar-refractivity contribution in [2.75, 3.05) is 5.43 Å². The predicted octanol–water partition coefficient (Wildman–Crippen LogP) is 0.107. The van der Waals surface area contributed by atoms with Crippen molar-refractivity contribution in [2.45, 2.75) is 11.6 Å². The number of carbonyl (C=O) groups excluding carboxylic acids is 1. The molecule has 0 spiro atoms. The number of hydrogen-bond acceptors (Lipinski definition) is 7. The third-order valence-electron chi connectivity index (χ3n) is 3.10. The van der Waals surface area contributed by atoms with Crippen molar-refractivity contribution in [3.63, 3.8) is 0 Å². The highest BCUT2D eigenvalue weighted by molar-refractivity contribution is 7.90. The van der Waals surface area contributed by atoms with Crippen LogP contribution >= 0.6 is 0 Å². The summed E-state index contributed by atoms with van der Waals surface area (Å²) >= 11 is 0. The van der Waals surface area contributed by atoms with Gasteiger partial charge in [-0.25, -0.2) is 20.1 Å². The fraction of sp³-hybridized carbons (Fsp3) is 0.0833. The smallest absolute Gasteiger partial charge is 0.285 e. The molecule has 0 fully saturated rings. The molecule has 108 valence electrons. The van der Waals surface area contributed by atoms with E-state index < -0.39 is 15.9 Å². The van der Waals surface area contributed by atoms with Gasteiger partial charge in [-0.1, -0.05) is 6.07 Å². The molecule has 3 rings (SSSR count). The first-order valence-electron chi connectivity index (χ1n) is 5.98. The Hall–Kier alpha value is -2.52. The molecule has 2 aromatic heterocycles. The monoisotopic (exact) mass is 305 g/mol. The first kappa shape index (κ1) is 13.5. The summed E-state index contributed by atoms with van der Waals surface area (Å²) in [6, 6.07) is 6.23. The van der Waals surface area contributed by atoms with Gasteiger partial charge in [0, 0.05) is 18.0 Å². The number of nitrogens with zero attached hydrogens (tertiary/aromatic N) is 3. The number of nitrogens with two attached hydrogens (primary N) is 1. The second-order valence-corrected chi connectivity index (χ2v) is 6.11. The van der Waals surface area contributed by atoms with Gasteiger partial charge < -0.3 is 5.43 Å². The van der Waals surface area contributed by atoms with Crippen LogP contribution in [0.5, 0.6) is 0 Å². The summed E-state index contributed by atoms with van der Waals surface area (Å²) in [4.78, 5) is 20.0. The highest BCUT2D eigenvalue weighted by atomic mass is 32.2. The van der Waals surface area contributed by atoms with Gasteiger partial charge in [-0.3, -0.25) is 4.79 Å². The van der Waals surface area contributed by atoms with Gasteiger partial charge in [-0.15, -0.1) is 0 Å². The highest BCUT2D eigenvalue weighted by Gasteiger charge is 2.42. The van der Waals surface area contributed by atoms with E-state index in [9.17, 15) is 13.2 Å². The number of aromatic nitrogens is 2. The molecule has 3 N–H and O–H groups in total. The van der Waals surface area contributed by atoms with Crippen LogP contribution in [0.4, 0.5) is 5.82 Å². The van der Waals surface area contributed by atoms with Crippen LogP contribution in [0, 0.1) is 0 Å².